The van der Waals surface area contributed by atoms with E-state index in [0.717, 1.165) is 0 Å². The van der Waals surface area contributed by atoms with E-state index in [1.807, 2.05) is 0 Å². The Morgan fingerprint density at radius 1 is 0.882 bits per heavy atom. The number of benzene rings is 3. The van der Waals surface area contributed by atoms with Crippen molar-refractivity contribution in [2.45, 2.75) is 0 Å². The van der Waals surface area contributed by atoms with Crippen molar-refractivity contribution in [3.05, 3.63) is 87.6 Å². The van der Waals surface area contributed by atoms with Crippen molar-refractivity contribution in [2.75, 3.05) is 12.4 Å². The topological polar surface area (TPSA) is 77.5 Å². The molecule has 0 aliphatic rings. The zero-order valence-electron chi connectivity index (χ0n) is 17.6. The van der Waals surface area contributed by atoms with E-state index in [4.69, 9.17) is 48.4 Å². The highest BCUT2D eigenvalue weighted by Gasteiger charge is 2.15. The Kier molecular flexibility index (Phi) is 5.96. The highest BCUT2D eigenvalue weighted by Crippen LogP contribution is 2.32. The molecule has 0 fully saturated rings. The average Bonchev–Trinajstić information content (AvgIpc) is 3.46. The van der Waals surface area contributed by atoms with Gasteiger partial charge in [-0.15, -0.1) is 0 Å². The molecule has 5 rings (SSSR count). The summed E-state index contributed by atoms with van der Waals surface area (Å²) in [5.41, 5.74) is 3.06. The summed E-state index contributed by atoms with van der Waals surface area (Å²) in [4.78, 5) is 17.2. The van der Waals surface area contributed by atoms with Crippen LogP contribution in [0, 0.1) is 0 Å². The summed E-state index contributed by atoms with van der Waals surface area (Å²) in [7, 11) is 1.55. The quantitative estimate of drug-likeness (QED) is 0.258. The lowest BCUT2D eigenvalue weighted by atomic mass is 10.2. The number of nitrogens with zero attached hydrogens (tertiary/aromatic N) is 1. The van der Waals surface area contributed by atoms with Crippen LogP contribution in [0.3, 0.4) is 0 Å². The van der Waals surface area contributed by atoms with Crippen molar-refractivity contribution >= 4 is 57.5 Å². The summed E-state index contributed by atoms with van der Waals surface area (Å²) in [5, 5.41) is 4.21. The molecule has 2 heterocycles. The molecule has 34 heavy (non-hydrogen) atoms. The molecule has 0 saturated heterocycles. The third kappa shape index (κ3) is 4.48. The number of ether oxygens (including phenoxy) is 1. The number of amides is 1. The highest BCUT2D eigenvalue weighted by atomic mass is 35.5. The fourth-order valence-corrected chi connectivity index (χ4v) is 4.22. The summed E-state index contributed by atoms with van der Waals surface area (Å²) in [5.74, 6) is 1.17. The van der Waals surface area contributed by atoms with Gasteiger partial charge in [0.1, 0.15) is 17.0 Å². The van der Waals surface area contributed by atoms with Gasteiger partial charge in [-0.05, 0) is 66.7 Å². The Labute approximate surface area is 209 Å². The molecule has 0 aliphatic carbocycles. The maximum absolute atomic E-state index is 12.7. The molecule has 5 aromatic rings. The summed E-state index contributed by atoms with van der Waals surface area (Å²) in [6, 6.07) is 18.7. The number of carbonyl (C=O) groups excluding carboxylic acids is 1. The van der Waals surface area contributed by atoms with Crippen LogP contribution in [0.2, 0.25) is 15.1 Å². The third-order valence-corrected chi connectivity index (χ3v) is 5.75. The van der Waals surface area contributed by atoms with Crippen molar-refractivity contribution in [2.24, 2.45) is 0 Å². The van der Waals surface area contributed by atoms with Crippen LogP contribution < -0.4 is 10.1 Å². The maximum atomic E-state index is 12.7. The standard InChI is InChI=1S/C25H15Cl3N2O4/c1-32-21-4-2-13(10-18(21)28)25-30-19-12-17(3-5-22(19)34-25)29-24(31)23-7-6-20(33-23)14-8-15(26)11-16(27)9-14/h2-12H,1H3,(H,29,31). The van der Waals surface area contributed by atoms with E-state index < -0.39 is 5.91 Å². The predicted octanol–water partition coefficient (Wildman–Crippen LogP) is 7.98. The molecule has 0 aliphatic heterocycles. The molecule has 6 nitrogen and oxygen atoms in total. The van der Waals surface area contributed by atoms with Gasteiger partial charge in [0.05, 0.1) is 12.1 Å². The van der Waals surface area contributed by atoms with Gasteiger partial charge in [-0.1, -0.05) is 34.8 Å². The first-order valence-electron chi connectivity index (χ1n) is 10.0. The van der Waals surface area contributed by atoms with E-state index in [-0.39, 0.29) is 5.76 Å². The molecule has 9 heteroatoms. The van der Waals surface area contributed by atoms with Crippen molar-refractivity contribution in [3.8, 4) is 28.5 Å². The molecule has 170 valence electrons. The lowest BCUT2D eigenvalue weighted by molar-refractivity contribution is 0.0997. The number of oxazole rings is 1. The van der Waals surface area contributed by atoms with Crippen LogP contribution in [0.1, 0.15) is 10.6 Å². The number of methoxy groups -OCH3 is 1. The van der Waals surface area contributed by atoms with E-state index in [1.54, 1.807) is 73.8 Å². The minimum atomic E-state index is -0.413. The molecular weight excluding hydrogens is 499 g/mol. The Morgan fingerprint density at radius 3 is 2.41 bits per heavy atom. The average molecular weight is 514 g/mol. The first kappa shape index (κ1) is 22.3. The van der Waals surface area contributed by atoms with E-state index in [9.17, 15) is 4.79 Å². The fourth-order valence-electron chi connectivity index (χ4n) is 3.43. The number of hydrogen-bond donors (Lipinski definition) is 1. The largest absolute Gasteiger partial charge is 0.495 e. The van der Waals surface area contributed by atoms with E-state index >= 15 is 0 Å². The minimum Gasteiger partial charge on any atom is -0.495 e. The molecule has 1 N–H and O–H groups in total. The van der Waals surface area contributed by atoms with Gasteiger partial charge in [0.15, 0.2) is 11.3 Å². The van der Waals surface area contributed by atoms with Gasteiger partial charge in [0.25, 0.3) is 5.91 Å². The number of furan rings is 1. The molecule has 0 spiro atoms. The molecule has 0 bridgehead atoms. The number of carbonyl (C=O) groups is 1. The zero-order chi connectivity index (χ0) is 23.8. The second-order valence-corrected chi connectivity index (χ2v) is 8.61. The van der Waals surface area contributed by atoms with Crippen LogP contribution in [-0.4, -0.2) is 18.0 Å². The van der Waals surface area contributed by atoms with Crippen molar-refractivity contribution in [3.63, 3.8) is 0 Å². The molecule has 1 amide bonds. The number of nitrogens with one attached hydrogen (secondary N) is 1. The molecule has 0 saturated carbocycles. The first-order valence-corrected chi connectivity index (χ1v) is 11.1. The van der Waals surface area contributed by atoms with Crippen LogP contribution >= 0.6 is 34.8 Å². The van der Waals surface area contributed by atoms with Crippen molar-refractivity contribution < 1.29 is 18.4 Å². The summed E-state index contributed by atoms with van der Waals surface area (Å²) in [6.07, 6.45) is 0. The monoisotopic (exact) mass is 512 g/mol. The first-order chi connectivity index (χ1) is 16.4. The Bertz CT molecular complexity index is 1520. The smallest absolute Gasteiger partial charge is 0.291 e. The SMILES string of the molecule is COc1ccc(-c2nc3cc(NC(=O)c4ccc(-c5cc(Cl)cc(Cl)c5)o4)ccc3o2)cc1Cl. The minimum absolute atomic E-state index is 0.139. The van der Waals surface area contributed by atoms with Gasteiger partial charge in [0.2, 0.25) is 5.89 Å². The van der Waals surface area contributed by atoms with E-state index in [0.29, 0.717) is 60.4 Å². The predicted molar refractivity (Wildman–Crippen MR) is 133 cm³/mol. The second kappa shape index (κ2) is 9.06. The zero-order valence-corrected chi connectivity index (χ0v) is 19.8. The molecule has 0 atom stereocenters. The third-order valence-electron chi connectivity index (χ3n) is 5.02. The molecule has 2 aromatic heterocycles. The lowest BCUT2D eigenvalue weighted by Gasteiger charge is -2.03. The Hall–Kier alpha value is -3.45. The van der Waals surface area contributed by atoms with Gasteiger partial charge >= 0.3 is 0 Å². The van der Waals surface area contributed by atoms with Crippen LogP contribution in [0.5, 0.6) is 5.75 Å². The molecule has 0 unspecified atom stereocenters. The number of rotatable bonds is 5. The van der Waals surface area contributed by atoms with Gasteiger partial charge in [-0.25, -0.2) is 4.98 Å². The molecule has 3 aromatic carbocycles. The van der Waals surface area contributed by atoms with Gasteiger partial charge in [0, 0.05) is 26.9 Å². The summed E-state index contributed by atoms with van der Waals surface area (Å²) in [6.45, 7) is 0. The number of anilines is 1. The summed E-state index contributed by atoms with van der Waals surface area (Å²) < 4.78 is 16.7. The lowest BCUT2D eigenvalue weighted by Crippen LogP contribution is -2.10. The highest BCUT2D eigenvalue weighted by molar-refractivity contribution is 6.35. The normalized spacial score (nSPS) is 11.1. The van der Waals surface area contributed by atoms with Crippen molar-refractivity contribution in [1.82, 2.24) is 4.98 Å². The van der Waals surface area contributed by atoms with Crippen LogP contribution in [0.15, 0.2) is 75.6 Å². The van der Waals surface area contributed by atoms with E-state index in [1.165, 1.54) is 0 Å². The maximum Gasteiger partial charge on any atom is 0.291 e. The Morgan fingerprint density at radius 2 is 1.68 bits per heavy atom. The van der Waals surface area contributed by atoms with E-state index in [2.05, 4.69) is 10.3 Å². The number of hydrogen-bond acceptors (Lipinski definition) is 5. The number of halogens is 3. The summed E-state index contributed by atoms with van der Waals surface area (Å²) >= 11 is 18.3. The Balaban J connectivity index is 1.36. The number of aromatic nitrogens is 1. The van der Waals surface area contributed by atoms with Crippen LogP contribution in [0.25, 0.3) is 33.9 Å². The fraction of sp³-hybridized carbons (Fsp3) is 0.0400. The molecular formula is C25H15Cl3N2O4. The van der Waals surface area contributed by atoms with Crippen LogP contribution in [0.4, 0.5) is 5.69 Å². The van der Waals surface area contributed by atoms with Gasteiger partial charge < -0.3 is 18.9 Å². The molecule has 0 radical (unpaired) electrons. The van der Waals surface area contributed by atoms with Gasteiger partial charge in [-0.2, -0.15) is 0 Å². The van der Waals surface area contributed by atoms with Crippen LogP contribution in [-0.2, 0) is 0 Å². The van der Waals surface area contributed by atoms with Gasteiger partial charge in [-0.3, -0.25) is 4.79 Å². The number of fused-ring (bicyclic) bond motifs is 1. The van der Waals surface area contributed by atoms with Crippen molar-refractivity contribution in [1.29, 1.82) is 0 Å². The second-order valence-electron chi connectivity index (χ2n) is 7.33.